The summed E-state index contributed by atoms with van der Waals surface area (Å²) in [7, 11) is 0. The Bertz CT molecular complexity index is 944. The van der Waals surface area contributed by atoms with Gasteiger partial charge in [-0.05, 0) is 37.3 Å². The number of amidine groups is 1. The van der Waals surface area contributed by atoms with Gasteiger partial charge in [0.15, 0.2) is 5.84 Å². The molecule has 6 nitrogen and oxygen atoms in total. The largest absolute Gasteiger partial charge is 0.409 e. The average Bonchev–Trinajstić information content (AvgIpc) is 2.85. The minimum Gasteiger partial charge on any atom is -0.409 e. The summed E-state index contributed by atoms with van der Waals surface area (Å²) in [5, 5.41) is 12.5. The molecule has 23 heavy (non-hydrogen) atoms. The highest BCUT2D eigenvalue weighted by Gasteiger charge is 2.21. The fourth-order valence-corrected chi connectivity index (χ4v) is 2.78. The van der Waals surface area contributed by atoms with Crippen molar-refractivity contribution < 1.29 is 5.21 Å². The van der Waals surface area contributed by atoms with E-state index in [-0.39, 0.29) is 11.5 Å². The van der Waals surface area contributed by atoms with Gasteiger partial charge in [0.25, 0.3) is 0 Å². The molecule has 3 N–H and O–H groups in total. The number of benzene rings is 2. The van der Waals surface area contributed by atoms with E-state index in [9.17, 15) is 4.79 Å². The third kappa shape index (κ3) is 2.47. The molecule has 0 amide bonds. The highest BCUT2D eigenvalue weighted by Crippen LogP contribution is 2.24. The molecule has 1 aromatic heterocycles. The average molecular weight is 331 g/mol. The highest BCUT2D eigenvalue weighted by atomic mass is 35.5. The van der Waals surface area contributed by atoms with E-state index in [1.807, 2.05) is 30.3 Å². The third-order valence-corrected chi connectivity index (χ3v) is 4.02. The zero-order chi connectivity index (χ0) is 16.6. The van der Waals surface area contributed by atoms with E-state index in [2.05, 4.69) is 5.16 Å². The summed E-state index contributed by atoms with van der Waals surface area (Å²) in [4.78, 5) is 13.0. The van der Waals surface area contributed by atoms with E-state index in [1.165, 1.54) is 4.57 Å². The molecule has 1 heterocycles. The predicted molar refractivity (Wildman–Crippen MR) is 90.7 cm³/mol. The van der Waals surface area contributed by atoms with Crippen LogP contribution in [0.5, 0.6) is 0 Å². The van der Waals surface area contributed by atoms with Crippen LogP contribution in [0.1, 0.15) is 13.0 Å². The maximum atomic E-state index is 13.0. The summed E-state index contributed by atoms with van der Waals surface area (Å²) in [5.41, 5.74) is 7.44. The molecule has 3 rings (SSSR count). The molecule has 0 aliphatic carbocycles. The number of hydrogen-bond acceptors (Lipinski definition) is 3. The van der Waals surface area contributed by atoms with E-state index < -0.39 is 6.04 Å². The van der Waals surface area contributed by atoms with Gasteiger partial charge in [-0.25, -0.2) is 4.79 Å². The molecule has 0 radical (unpaired) electrons. The normalized spacial score (nSPS) is 13.4. The Morgan fingerprint density at radius 2 is 1.91 bits per heavy atom. The first-order chi connectivity index (χ1) is 11.0. The molecule has 2 aromatic carbocycles. The fraction of sp³-hybridized carbons (Fsp3) is 0.125. The van der Waals surface area contributed by atoms with Crippen molar-refractivity contribution in [2.75, 3.05) is 0 Å². The Labute approximate surface area is 137 Å². The summed E-state index contributed by atoms with van der Waals surface area (Å²) < 4.78 is 3.04. The third-order valence-electron chi connectivity index (χ3n) is 3.78. The molecule has 118 valence electrons. The quantitative estimate of drug-likeness (QED) is 0.335. The molecular weight excluding hydrogens is 316 g/mol. The van der Waals surface area contributed by atoms with E-state index in [0.29, 0.717) is 16.1 Å². The van der Waals surface area contributed by atoms with Crippen LogP contribution in [-0.2, 0) is 0 Å². The van der Waals surface area contributed by atoms with E-state index in [4.69, 9.17) is 22.5 Å². The predicted octanol–water partition coefficient (Wildman–Crippen LogP) is 2.75. The number of nitrogens with zero attached hydrogens (tertiary/aromatic N) is 3. The van der Waals surface area contributed by atoms with Crippen LogP contribution in [0.2, 0.25) is 5.02 Å². The number of imidazole rings is 1. The van der Waals surface area contributed by atoms with Crippen molar-refractivity contribution in [3.8, 4) is 5.69 Å². The monoisotopic (exact) mass is 330 g/mol. The van der Waals surface area contributed by atoms with Crippen LogP contribution in [-0.4, -0.2) is 20.2 Å². The van der Waals surface area contributed by atoms with Gasteiger partial charge < -0.3 is 10.9 Å². The van der Waals surface area contributed by atoms with Crippen LogP contribution in [0.15, 0.2) is 58.5 Å². The SMILES string of the molecule is CC(/C(N)=N/O)n1c(=O)n(-c2ccccc2)c2cc(Cl)ccc21. The van der Waals surface area contributed by atoms with Gasteiger partial charge in [0.05, 0.1) is 22.8 Å². The Morgan fingerprint density at radius 1 is 1.22 bits per heavy atom. The van der Waals surface area contributed by atoms with Crippen molar-refractivity contribution in [2.45, 2.75) is 13.0 Å². The fourth-order valence-electron chi connectivity index (χ4n) is 2.61. The number of fused-ring (bicyclic) bond motifs is 1. The first-order valence-corrected chi connectivity index (χ1v) is 7.37. The van der Waals surface area contributed by atoms with E-state index in [1.54, 1.807) is 29.7 Å². The van der Waals surface area contributed by atoms with Gasteiger partial charge in [-0.1, -0.05) is 35.0 Å². The number of oxime groups is 1. The second-order valence-corrected chi connectivity index (χ2v) is 5.59. The molecule has 0 fully saturated rings. The number of para-hydroxylation sites is 1. The molecule has 1 unspecified atom stereocenters. The number of nitrogens with two attached hydrogens (primary N) is 1. The van der Waals surface area contributed by atoms with Crippen LogP contribution in [0.25, 0.3) is 16.7 Å². The van der Waals surface area contributed by atoms with Gasteiger partial charge in [-0.2, -0.15) is 0 Å². The van der Waals surface area contributed by atoms with Crippen molar-refractivity contribution in [1.82, 2.24) is 9.13 Å². The minimum absolute atomic E-state index is 0.0471. The molecule has 0 saturated heterocycles. The van der Waals surface area contributed by atoms with Gasteiger partial charge in [0.1, 0.15) is 0 Å². The lowest BCUT2D eigenvalue weighted by molar-refractivity contribution is 0.314. The number of aromatic nitrogens is 2. The van der Waals surface area contributed by atoms with Crippen LogP contribution >= 0.6 is 11.6 Å². The zero-order valence-electron chi connectivity index (χ0n) is 12.3. The van der Waals surface area contributed by atoms with Crippen LogP contribution in [0.3, 0.4) is 0 Å². The molecule has 3 aromatic rings. The van der Waals surface area contributed by atoms with Crippen LogP contribution in [0.4, 0.5) is 0 Å². The zero-order valence-corrected chi connectivity index (χ0v) is 13.1. The Kier molecular flexibility index (Phi) is 3.83. The molecule has 7 heteroatoms. The van der Waals surface area contributed by atoms with Crippen molar-refractivity contribution in [2.24, 2.45) is 10.9 Å². The van der Waals surface area contributed by atoms with Gasteiger partial charge in [-0.15, -0.1) is 0 Å². The second kappa shape index (κ2) is 5.81. The Balaban J connectivity index is 2.40. The molecule has 1 atom stereocenters. The minimum atomic E-state index is -0.596. The molecule has 0 aliphatic rings. The van der Waals surface area contributed by atoms with Gasteiger partial charge in [0.2, 0.25) is 0 Å². The number of halogens is 1. The molecular formula is C16H15ClN4O2. The lowest BCUT2D eigenvalue weighted by Gasteiger charge is -2.11. The van der Waals surface area contributed by atoms with Crippen molar-refractivity contribution in [3.05, 3.63) is 64.0 Å². The lowest BCUT2D eigenvalue weighted by atomic mass is 10.2. The number of rotatable bonds is 3. The Hall–Kier alpha value is -2.73. The summed E-state index contributed by atoms with van der Waals surface area (Å²) in [6.07, 6.45) is 0. The molecule has 0 spiro atoms. The lowest BCUT2D eigenvalue weighted by Crippen LogP contribution is -2.33. The first-order valence-electron chi connectivity index (χ1n) is 7.00. The molecule has 0 aliphatic heterocycles. The first kappa shape index (κ1) is 15.2. The molecule has 0 saturated carbocycles. The van der Waals surface area contributed by atoms with Crippen molar-refractivity contribution in [1.29, 1.82) is 0 Å². The van der Waals surface area contributed by atoms with Crippen molar-refractivity contribution >= 4 is 28.5 Å². The second-order valence-electron chi connectivity index (χ2n) is 5.16. The number of hydrogen-bond donors (Lipinski definition) is 2. The topological polar surface area (TPSA) is 85.5 Å². The van der Waals surface area contributed by atoms with E-state index >= 15 is 0 Å². The maximum Gasteiger partial charge on any atom is 0.334 e. The molecule has 0 bridgehead atoms. The van der Waals surface area contributed by atoms with Crippen molar-refractivity contribution in [3.63, 3.8) is 0 Å². The summed E-state index contributed by atoms with van der Waals surface area (Å²) in [5.74, 6) is -0.0471. The maximum absolute atomic E-state index is 13.0. The standard InChI is InChI=1S/C16H15ClN4O2/c1-10(15(18)19-23)20-13-8-7-11(17)9-14(13)21(16(20)22)12-5-3-2-4-6-12/h2-10,23H,1H3,(H2,18,19). The van der Waals surface area contributed by atoms with Crippen LogP contribution < -0.4 is 11.4 Å². The highest BCUT2D eigenvalue weighted by molar-refractivity contribution is 6.31. The van der Waals surface area contributed by atoms with Gasteiger partial charge >= 0.3 is 5.69 Å². The van der Waals surface area contributed by atoms with Crippen LogP contribution in [0, 0.1) is 0 Å². The van der Waals surface area contributed by atoms with Gasteiger partial charge in [0, 0.05) is 5.02 Å². The summed E-state index contributed by atoms with van der Waals surface area (Å²) >= 11 is 6.10. The summed E-state index contributed by atoms with van der Waals surface area (Å²) in [6.45, 7) is 1.69. The smallest absolute Gasteiger partial charge is 0.334 e. The van der Waals surface area contributed by atoms with Gasteiger partial charge in [-0.3, -0.25) is 9.13 Å². The summed E-state index contributed by atoms with van der Waals surface area (Å²) in [6, 6.07) is 13.8. The van der Waals surface area contributed by atoms with E-state index in [0.717, 1.165) is 5.69 Å². The Morgan fingerprint density at radius 3 is 2.57 bits per heavy atom.